The molecule has 2 aromatic heterocycles. The zero-order valence-electron chi connectivity index (χ0n) is 10.8. The maximum Gasteiger partial charge on any atom is 0.0638 e. The first-order valence-electron chi connectivity index (χ1n) is 6.07. The molecule has 3 N–H and O–H groups in total. The molecule has 0 aliphatic carbocycles. The van der Waals surface area contributed by atoms with Gasteiger partial charge in [-0.15, -0.1) is 0 Å². The van der Waals surface area contributed by atoms with E-state index in [1.165, 1.54) is 5.69 Å². The summed E-state index contributed by atoms with van der Waals surface area (Å²) in [4.78, 5) is 4.41. The van der Waals surface area contributed by atoms with E-state index in [4.69, 9.17) is 5.84 Å². The number of rotatable bonds is 5. The lowest BCUT2D eigenvalue weighted by atomic mass is 10.0. The van der Waals surface area contributed by atoms with Crippen LogP contribution in [0.4, 0.5) is 0 Å². The SMILES string of the molecule is Cc1cccnc1C(CCc1ccnn1C)NN. The summed E-state index contributed by atoms with van der Waals surface area (Å²) in [5.74, 6) is 5.64. The van der Waals surface area contributed by atoms with E-state index < -0.39 is 0 Å². The predicted octanol–water partition coefficient (Wildman–Crippen LogP) is 1.26. The second kappa shape index (κ2) is 5.75. The third kappa shape index (κ3) is 2.75. The van der Waals surface area contributed by atoms with Gasteiger partial charge in [0, 0.05) is 25.1 Å². The molecule has 2 rings (SSSR count). The van der Waals surface area contributed by atoms with Gasteiger partial charge in [0.15, 0.2) is 0 Å². The van der Waals surface area contributed by atoms with Gasteiger partial charge in [0.05, 0.1) is 11.7 Å². The molecule has 0 bridgehead atoms. The van der Waals surface area contributed by atoms with Crippen molar-refractivity contribution in [2.24, 2.45) is 12.9 Å². The maximum atomic E-state index is 5.64. The first kappa shape index (κ1) is 12.7. The summed E-state index contributed by atoms with van der Waals surface area (Å²) < 4.78 is 1.89. The van der Waals surface area contributed by atoms with Crippen molar-refractivity contribution in [2.75, 3.05) is 0 Å². The van der Waals surface area contributed by atoms with E-state index in [1.54, 1.807) is 6.20 Å². The van der Waals surface area contributed by atoms with E-state index in [-0.39, 0.29) is 6.04 Å². The normalized spacial score (nSPS) is 12.6. The zero-order valence-corrected chi connectivity index (χ0v) is 10.8. The third-order valence-electron chi connectivity index (χ3n) is 3.19. The topological polar surface area (TPSA) is 68.8 Å². The first-order chi connectivity index (χ1) is 8.72. The molecule has 2 heterocycles. The van der Waals surface area contributed by atoms with Crippen LogP contribution in [0.15, 0.2) is 30.6 Å². The number of hydrogen-bond donors (Lipinski definition) is 2. The van der Waals surface area contributed by atoms with E-state index in [1.807, 2.05) is 30.1 Å². The minimum Gasteiger partial charge on any atom is -0.273 e. The van der Waals surface area contributed by atoms with Crippen molar-refractivity contribution < 1.29 is 0 Å². The van der Waals surface area contributed by atoms with Crippen LogP contribution in [0.5, 0.6) is 0 Å². The quantitative estimate of drug-likeness (QED) is 0.614. The molecule has 0 saturated heterocycles. The van der Waals surface area contributed by atoms with Crippen molar-refractivity contribution in [1.29, 1.82) is 0 Å². The Kier molecular flexibility index (Phi) is 4.07. The second-order valence-electron chi connectivity index (χ2n) is 4.41. The van der Waals surface area contributed by atoms with E-state index in [0.717, 1.165) is 24.1 Å². The van der Waals surface area contributed by atoms with Gasteiger partial charge in [0.1, 0.15) is 0 Å². The van der Waals surface area contributed by atoms with Crippen LogP contribution in [-0.4, -0.2) is 14.8 Å². The van der Waals surface area contributed by atoms with Crippen molar-refractivity contribution in [3.63, 3.8) is 0 Å². The second-order valence-corrected chi connectivity index (χ2v) is 4.41. The van der Waals surface area contributed by atoms with Gasteiger partial charge < -0.3 is 0 Å². The number of hydrogen-bond acceptors (Lipinski definition) is 4. The molecular weight excluding hydrogens is 226 g/mol. The number of hydrazine groups is 1. The lowest BCUT2D eigenvalue weighted by molar-refractivity contribution is 0.493. The van der Waals surface area contributed by atoms with Crippen LogP contribution in [0.2, 0.25) is 0 Å². The highest BCUT2D eigenvalue weighted by Crippen LogP contribution is 2.19. The molecule has 18 heavy (non-hydrogen) atoms. The van der Waals surface area contributed by atoms with Gasteiger partial charge >= 0.3 is 0 Å². The molecule has 5 nitrogen and oxygen atoms in total. The molecule has 0 aliphatic heterocycles. The van der Waals surface area contributed by atoms with Gasteiger partial charge in [0.25, 0.3) is 0 Å². The Bertz CT molecular complexity index is 506. The smallest absolute Gasteiger partial charge is 0.0638 e. The van der Waals surface area contributed by atoms with Crippen molar-refractivity contribution in [3.8, 4) is 0 Å². The summed E-state index contributed by atoms with van der Waals surface area (Å²) in [6.45, 7) is 2.05. The fraction of sp³-hybridized carbons (Fsp3) is 0.385. The summed E-state index contributed by atoms with van der Waals surface area (Å²) >= 11 is 0. The Balaban J connectivity index is 2.07. The first-order valence-corrected chi connectivity index (χ1v) is 6.07. The molecular formula is C13H19N5. The fourth-order valence-corrected chi connectivity index (χ4v) is 2.10. The minimum atomic E-state index is 0.0705. The number of aryl methyl sites for hydroxylation is 3. The highest BCUT2D eigenvalue weighted by Gasteiger charge is 2.14. The molecule has 0 spiro atoms. The van der Waals surface area contributed by atoms with E-state index in [0.29, 0.717) is 0 Å². The monoisotopic (exact) mass is 245 g/mol. The molecule has 0 saturated carbocycles. The minimum absolute atomic E-state index is 0.0705. The van der Waals surface area contributed by atoms with Crippen LogP contribution in [0.25, 0.3) is 0 Å². The summed E-state index contributed by atoms with van der Waals surface area (Å²) in [6.07, 6.45) is 5.43. The Morgan fingerprint density at radius 2 is 2.22 bits per heavy atom. The number of pyridine rings is 1. The molecule has 1 atom stereocenters. The van der Waals surface area contributed by atoms with Crippen LogP contribution < -0.4 is 11.3 Å². The zero-order chi connectivity index (χ0) is 13.0. The van der Waals surface area contributed by atoms with Crippen LogP contribution in [0.1, 0.15) is 29.4 Å². The van der Waals surface area contributed by atoms with Crippen molar-refractivity contribution in [3.05, 3.63) is 47.5 Å². The van der Waals surface area contributed by atoms with Crippen molar-refractivity contribution in [1.82, 2.24) is 20.2 Å². The molecule has 0 amide bonds. The van der Waals surface area contributed by atoms with E-state index in [2.05, 4.69) is 28.5 Å². The number of nitrogens with one attached hydrogen (secondary N) is 1. The average molecular weight is 245 g/mol. The summed E-state index contributed by atoms with van der Waals surface area (Å²) in [5, 5.41) is 4.16. The largest absolute Gasteiger partial charge is 0.273 e. The van der Waals surface area contributed by atoms with E-state index >= 15 is 0 Å². The van der Waals surface area contributed by atoms with Gasteiger partial charge in [0.2, 0.25) is 0 Å². The molecule has 2 aromatic rings. The van der Waals surface area contributed by atoms with Crippen molar-refractivity contribution >= 4 is 0 Å². The van der Waals surface area contributed by atoms with E-state index in [9.17, 15) is 0 Å². The molecule has 5 heteroatoms. The fourth-order valence-electron chi connectivity index (χ4n) is 2.10. The molecule has 0 aliphatic rings. The molecule has 0 aromatic carbocycles. The lowest BCUT2D eigenvalue weighted by Gasteiger charge is -2.17. The van der Waals surface area contributed by atoms with Crippen LogP contribution in [-0.2, 0) is 13.5 Å². The summed E-state index contributed by atoms with van der Waals surface area (Å²) in [7, 11) is 1.95. The van der Waals surface area contributed by atoms with Gasteiger partial charge in [-0.2, -0.15) is 5.10 Å². The van der Waals surface area contributed by atoms with Gasteiger partial charge in [-0.05, 0) is 37.5 Å². The standard InChI is InChI=1S/C13H19N5/c1-10-4-3-8-15-13(10)12(17-14)6-5-11-7-9-16-18(11)2/h3-4,7-9,12,17H,5-6,14H2,1-2H3. The molecule has 0 radical (unpaired) electrons. The third-order valence-corrected chi connectivity index (χ3v) is 3.19. The molecule has 1 unspecified atom stereocenters. The van der Waals surface area contributed by atoms with Gasteiger partial charge in [-0.25, -0.2) is 0 Å². The van der Waals surface area contributed by atoms with Crippen LogP contribution in [0, 0.1) is 6.92 Å². The Labute approximate surface area is 107 Å². The summed E-state index contributed by atoms with van der Waals surface area (Å²) in [6, 6.07) is 6.09. The predicted molar refractivity (Wildman–Crippen MR) is 70.6 cm³/mol. The van der Waals surface area contributed by atoms with Gasteiger partial charge in [-0.1, -0.05) is 6.07 Å². The lowest BCUT2D eigenvalue weighted by Crippen LogP contribution is -2.29. The molecule has 96 valence electrons. The Morgan fingerprint density at radius 1 is 1.39 bits per heavy atom. The van der Waals surface area contributed by atoms with Crippen LogP contribution >= 0.6 is 0 Å². The maximum absolute atomic E-state index is 5.64. The van der Waals surface area contributed by atoms with Gasteiger partial charge in [-0.3, -0.25) is 20.9 Å². The average Bonchev–Trinajstić information content (AvgIpc) is 2.78. The number of nitrogens with two attached hydrogens (primary N) is 1. The highest BCUT2D eigenvalue weighted by atomic mass is 15.3. The highest BCUT2D eigenvalue weighted by molar-refractivity contribution is 5.21. The number of nitrogens with zero attached hydrogens (tertiary/aromatic N) is 3. The van der Waals surface area contributed by atoms with Crippen molar-refractivity contribution in [2.45, 2.75) is 25.8 Å². The molecule has 0 fully saturated rings. The van der Waals surface area contributed by atoms with Crippen LogP contribution in [0.3, 0.4) is 0 Å². The Hall–Kier alpha value is -1.72. The number of aromatic nitrogens is 3. The summed E-state index contributed by atoms with van der Waals surface area (Å²) in [5.41, 5.74) is 6.22. The Morgan fingerprint density at radius 3 is 2.83 bits per heavy atom.